The number of hydrogen-bond donors (Lipinski definition) is 1. The van der Waals surface area contributed by atoms with Gasteiger partial charge >= 0.3 is 0 Å². The van der Waals surface area contributed by atoms with Crippen molar-refractivity contribution in [3.8, 4) is 0 Å². The number of rotatable bonds is 4. The second kappa shape index (κ2) is 4.53. The van der Waals surface area contributed by atoms with Gasteiger partial charge in [-0.05, 0) is 31.5 Å². The van der Waals surface area contributed by atoms with E-state index in [1.165, 1.54) is 12.1 Å². The van der Waals surface area contributed by atoms with E-state index in [1.807, 2.05) is 13.8 Å². The molecule has 3 heteroatoms. The van der Waals surface area contributed by atoms with Crippen molar-refractivity contribution in [3.05, 3.63) is 35.6 Å². The van der Waals surface area contributed by atoms with E-state index in [9.17, 15) is 9.18 Å². The van der Waals surface area contributed by atoms with Gasteiger partial charge in [-0.25, -0.2) is 4.39 Å². The van der Waals surface area contributed by atoms with Crippen molar-refractivity contribution < 1.29 is 9.18 Å². The lowest BCUT2D eigenvalue weighted by Crippen LogP contribution is -2.35. The molecule has 0 bridgehead atoms. The monoisotopic (exact) mass is 209 g/mol. The SMILES string of the molecule is CC(C)(N)CC(=O)Cc1ccc(F)cc1. The number of Topliss-reactive ketones (excluding diaryl/α,β-unsaturated/α-hetero) is 1. The number of carbonyl (C=O) groups is 1. The summed E-state index contributed by atoms with van der Waals surface area (Å²) in [6.07, 6.45) is 0.658. The minimum Gasteiger partial charge on any atom is -0.325 e. The second-order valence-electron chi connectivity index (χ2n) is 4.51. The Bertz CT molecular complexity index is 338. The van der Waals surface area contributed by atoms with E-state index in [0.29, 0.717) is 12.8 Å². The molecule has 0 spiro atoms. The molecule has 0 saturated carbocycles. The average molecular weight is 209 g/mol. The van der Waals surface area contributed by atoms with Crippen molar-refractivity contribution in [1.29, 1.82) is 0 Å². The highest BCUT2D eigenvalue weighted by Gasteiger charge is 2.16. The molecule has 0 aliphatic carbocycles. The fraction of sp³-hybridized carbons (Fsp3) is 0.417. The predicted molar refractivity (Wildman–Crippen MR) is 58.0 cm³/mol. The van der Waals surface area contributed by atoms with Crippen molar-refractivity contribution in [3.63, 3.8) is 0 Å². The number of ketones is 1. The molecule has 1 rings (SSSR count). The van der Waals surface area contributed by atoms with E-state index in [0.717, 1.165) is 5.56 Å². The molecule has 0 atom stereocenters. The van der Waals surface area contributed by atoms with Crippen LogP contribution in [0.1, 0.15) is 25.8 Å². The van der Waals surface area contributed by atoms with E-state index in [-0.39, 0.29) is 11.6 Å². The topological polar surface area (TPSA) is 43.1 Å². The third-order valence-electron chi connectivity index (χ3n) is 1.97. The van der Waals surface area contributed by atoms with Gasteiger partial charge in [0, 0.05) is 18.4 Å². The molecular formula is C12H16FNO. The summed E-state index contributed by atoms with van der Waals surface area (Å²) < 4.78 is 12.6. The van der Waals surface area contributed by atoms with Crippen LogP contribution in [0.15, 0.2) is 24.3 Å². The van der Waals surface area contributed by atoms with Crippen molar-refractivity contribution in [2.75, 3.05) is 0 Å². The van der Waals surface area contributed by atoms with Gasteiger partial charge in [0.2, 0.25) is 0 Å². The average Bonchev–Trinajstić information content (AvgIpc) is 2.05. The maximum absolute atomic E-state index is 12.6. The lowest BCUT2D eigenvalue weighted by Gasteiger charge is -2.16. The third kappa shape index (κ3) is 4.70. The van der Waals surface area contributed by atoms with Gasteiger partial charge in [0.25, 0.3) is 0 Å². The Labute approximate surface area is 89.3 Å². The molecule has 2 nitrogen and oxygen atoms in total. The van der Waals surface area contributed by atoms with Crippen LogP contribution in [0.25, 0.3) is 0 Å². The van der Waals surface area contributed by atoms with Crippen LogP contribution in [0.2, 0.25) is 0 Å². The van der Waals surface area contributed by atoms with Crippen molar-refractivity contribution in [2.24, 2.45) is 5.73 Å². The molecule has 1 aromatic carbocycles. The summed E-state index contributed by atoms with van der Waals surface area (Å²) in [4.78, 5) is 11.5. The summed E-state index contributed by atoms with van der Waals surface area (Å²) in [5, 5.41) is 0. The zero-order valence-electron chi connectivity index (χ0n) is 9.09. The number of carbonyl (C=O) groups excluding carboxylic acids is 1. The van der Waals surface area contributed by atoms with Crippen LogP contribution in [0.4, 0.5) is 4.39 Å². The molecular weight excluding hydrogens is 193 g/mol. The lowest BCUT2D eigenvalue weighted by molar-refractivity contribution is -0.119. The summed E-state index contributed by atoms with van der Waals surface area (Å²) in [6.45, 7) is 3.63. The van der Waals surface area contributed by atoms with Crippen molar-refractivity contribution in [1.82, 2.24) is 0 Å². The Morgan fingerprint density at radius 1 is 1.33 bits per heavy atom. The van der Waals surface area contributed by atoms with Gasteiger partial charge in [0.1, 0.15) is 11.6 Å². The molecule has 0 aromatic heterocycles. The first-order valence-electron chi connectivity index (χ1n) is 4.92. The van der Waals surface area contributed by atoms with Gasteiger partial charge in [0.15, 0.2) is 0 Å². The zero-order chi connectivity index (χ0) is 11.5. The Hall–Kier alpha value is -1.22. The molecule has 0 aliphatic rings. The lowest BCUT2D eigenvalue weighted by atomic mass is 9.96. The van der Waals surface area contributed by atoms with Crippen LogP contribution < -0.4 is 5.73 Å². The first kappa shape index (κ1) is 11.9. The number of benzene rings is 1. The molecule has 0 heterocycles. The molecule has 0 aliphatic heterocycles. The maximum Gasteiger partial charge on any atom is 0.139 e. The van der Waals surface area contributed by atoms with E-state index in [4.69, 9.17) is 5.73 Å². The molecule has 0 saturated heterocycles. The van der Waals surface area contributed by atoms with Crippen LogP contribution in [-0.2, 0) is 11.2 Å². The van der Waals surface area contributed by atoms with Crippen LogP contribution in [0.3, 0.4) is 0 Å². The summed E-state index contributed by atoms with van der Waals surface area (Å²) in [7, 11) is 0. The van der Waals surface area contributed by atoms with Gasteiger partial charge in [-0.1, -0.05) is 12.1 Å². The van der Waals surface area contributed by atoms with Gasteiger partial charge in [-0.2, -0.15) is 0 Å². The maximum atomic E-state index is 12.6. The van der Waals surface area contributed by atoms with E-state index < -0.39 is 5.54 Å². The first-order valence-corrected chi connectivity index (χ1v) is 4.92. The Kier molecular flexibility index (Phi) is 3.58. The highest BCUT2D eigenvalue weighted by molar-refractivity contribution is 5.81. The van der Waals surface area contributed by atoms with E-state index >= 15 is 0 Å². The second-order valence-corrected chi connectivity index (χ2v) is 4.51. The van der Waals surface area contributed by atoms with E-state index in [2.05, 4.69) is 0 Å². The fourth-order valence-corrected chi connectivity index (χ4v) is 1.40. The minimum absolute atomic E-state index is 0.0779. The summed E-state index contributed by atoms with van der Waals surface area (Å²) in [5.41, 5.74) is 6.08. The van der Waals surface area contributed by atoms with Gasteiger partial charge in [-0.15, -0.1) is 0 Å². The molecule has 0 unspecified atom stereocenters. The zero-order valence-corrected chi connectivity index (χ0v) is 9.09. The summed E-state index contributed by atoms with van der Waals surface area (Å²) in [5.74, 6) is -0.209. The first-order chi connectivity index (χ1) is 6.87. The summed E-state index contributed by atoms with van der Waals surface area (Å²) >= 11 is 0. The minimum atomic E-state index is -0.475. The molecule has 15 heavy (non-hydrogen) atoms. The molecule has 2 N–H and O–H groups in total. The number of nitrogens with two attached hydrogens (primary N) is 1. The van der Waals surface area contributed by atoms with Gasteiger partial charge < -0.3 is 5.73 Å². The number of halogens is 1. The van der Waals surface area contributed by atoms with E-state index in [1.54, 1.807) is 12.1 Å². The predicted octanol–water partition coefficient (Wildman–Crippen LogP) is 2.06. The van der Waals surface area contributed by atoms with Crippen molar-refractivity contribution >= 4 is 5.78 Å². The van der Waals surface area contributed by atoms with Crippen LogP contribution in [0, 0.1) is 5.82 Å². The molecule has 0 radical (unpaired) electrons. The molecule has 1 aromatic rings. The Morgan fingerprint density at radius 3 is 2.33 bits per heavy atom. The largest absolute Gasteiger partial charge is 0.325 e. The van der Waals surface area contributed by atoms with Gasteiger partial charge in [0.05, 0.1) is 0 Å². The van der Waals surface area contributed by atoms with Crippen LogP contribution in [0.5, 0.6) is 0 Å². The van der Waals surface area contributed by atoms with Crippen LogP contribution >= 0.6 is 0 Å². The summed E-state index contributed by atoms with van der Waals surface area (Å²) in [6, 6.07) is 5.96. The fourth-order valence-electron chi connectivity index (χ4n) is 1.40. The Balaban J connectivity index is 2.55. The quantitative estimate of drug-likeness (QED) is 0.824. The van der Waals surface area contributed by atoms with Crippen LogP contribution in [-0.4, -0.2) is 11.3 Å². The third-order valence-corrected chi connectivity index (χ3v) is 1.97. The molecule has 0 amide bonds. The molecule has 0 fully saturated rings. The normalized spacial score (nSPS) is 11.5. The number of hydrogen-bond acceptors (Lipinski definition) is 2. The van der Waals surface area contributed by atoms with Gasteiger partial charge in [-0.3, -0.25) is 4.79 Å². The smallest absolute Gasteiger partial charge is 0.139 e. The standard InChI is InChI=1S/C12H16FNO/c1-12(2,14)8-11(15)7-9-3-5-10(13)6-4-9/h3-6H,7-8,14H2,1-2H3. The highest BCUT2D eigenvalue weighted by Crippen LogP contribution is 2.09. The Morgan fingerprint density at radius 2 is 1.87 bits per heavy atom. The highest BCUT2D eigenvalue weighted by atomic mass is 19.1. The van der Waals surface area contributed by atoms with Crippen molar-refractivity contribution in [2.45, 2.75) is 32.2 Å². The molecule has 82 valence electrons.